The Balaban J connectivity index is 1.89. The number of piperidine rings is 1. The fourth-order valence-electron chi connectivity index (χ4n) is 5.58. The summed E-state index contributed by atoms with van der Waals surface area (Å²) >= 11 is 0. The van der Waals surface area contributed by atoms with Crippen molar-refractivity contribution >= 4 is 5.78 Å². The minimum Gasteiger partial charge on any atom is -0.504 e. The van der Waals surface area contributed by atoms with Crippen LogP contribution in [0, 0.1) is 0 Å². The van der Waals surface area contributed by atoms with E-state index in [1.807, 2.05) is 13.1 Å². The summed E-state index contributed by atoms with van der Waals surface area (Å²) in [6, 6.07) is 3.16. The number of phenolic OH excluding ortho intramolecular Hbond substituents is 1. The summed E-state index contributed by atoms with van der Waals surface area (Å²) in [6.45, 7) is 0.710. The van der Waals surface area contributed by atoms with E-state index < -0.39 is 23.2 Å². The van der Waals surface area contributed by atoms with E-state index in [9.17, 15) is 20.1 Å². The van der Waals surface area contributed by atoms with Crippen LogP contribution in [-0.2, 0) is 16.6 Å². The number of Topliss-reactive ketones (excluding diaryl/α,β-unsaturated/α-hetero) is 1. The quantitative estimate of drug-likeness (QED) is 0.609. The topological polar surface area (TPSA) is 90.2 Å². The van der Waals surface area contributed by atoms with Crippen molar-refractivity contribution in [2.45, 2.75) is 48.5 Å². The summed E-state index contributed by atoms with van der Waals surface area (Å²) in [5, 5.41) is 32.5. The van der Waals surface area contributed by atoms with Crippen LogP contribution in [0.4, 0.5) is 0 Å². The van der Waals surface area contributed by atoms with Crippen LogP contribution in [0.15, 0.2) is 12.1 Å². The molecule has 5 atom stereocenters. The molecule has 5 rings (SSSR count). The standard InChI is InChI=1S/C17H19NO5/c1-18-5-4-16-13-8-2-3-9(19)14(13)23-15(16)10(20)7-12(21)17(16,22)11(18)6-8/h2-3,11-12,15,19,21-22H,4-7H2,1H3/t11-,12?,15?,16+,17+/m1/s1. The van der Waals surface area contributed by atoms with Gasteiger partial charge in [-0.2, -0.15) is 0 Å². The number of ketones is 1. The van der Waals surface area contributed by atoms with Gasteiger partial charge in [0.25, 0.3) is 0 Å². The molecule has 2 fully saturated rings. The van der Waals surface area contributed by atoms with Crippen molar-refractivity contribution in [2.75, 3.05) is 13.6 Å². The molecule has 6 nitrogen and oxygen atoms in total. The number of aromatic hydroxyl groups is 1. The molecule has 1 spiro atoms. The third-order valence-electron chi connectivity index (χ3n) is 6.57. The van der Waals surface area contributed by atoms with E-state index in [-0.39, 0.29) is 24.0 Å². The summed E-state index contributed by atoms with van der Waals surface area (Å²) in [6.07, 6.45) is -0.970. The van der Waals surface area contributed by atoms with Crippen LogP contribution in [-0.4, -0.2) is 63.4 Å². The van der Waals surface area contributed by atoms with Gasteiger partial charge >= 0.3 is 0 Å². The van der Waals surface area contributed by atoms with Crippen molar-refractivity contribution in [3.05, 3.63) is 23.3 Å². The number of likely N-dealkylation sites (N-methyl/N-ethyl adjacent to an activating group) is 1. The number of aliphatic hydroxyl groups is 2. The molecule has 122 valence electrons. The highest BCUT2D eigenvalue weighted by molar-refractivity contribution is 5.90. The molecule has 6 heteroatoms. The average molecular weight is 317 g/mol. The van der Waals surface area contributed by atoms with Gasteiger partial charge in [0, 0.05) is 18.0 Å². The lowest BCUT2D eigenvalue weighted by atomic mass is 9.48. The Kier molecular flexibility index (Phi) is 2.33. The molecule has 2 bridgehead atoms. The fourth-order valence-corrected chi connectivity index (χ4v) is 5.58. The van der Waals surface area contributed by atoms with Crippen molar-refractivity contribution in [3.63, 3.8) is 0 Å². The van der Waals surface area contributed by atoms with Crippen LogP contribution in [0.5, 0.6) is 11.5 Å². The molecule has 2 aliphatic carbocycles. The molecule has 0 radical (unpaired) electrons. The number of hydrogen-bond acceptors (Lipinski definition) is 6. The van der Waals surface area contributed by atoms with Gasteiger partial charge in [-0.25, -0.2) is 0 Å². The van der Waals surface area contributed by atoms with Gasteiger partial charge in [0.15, 0.2) is 23.4 Å². The van der Waals surface area contributed by atoms with E-state index in [0.29, 0.717) is 25.1 Å². The fraction of sp³-hybridized carbons (Fsp3) is 0.588. The number of nitrogens with zero attached hydrogens (tertiary/aromatic N) is 1. The number of ether oxygens (including phenoxy) is 1. The molecule has 2 unspecified atom stereocenters. The third-order valence-corrected chi connectivity index (χ3v) is 6.57. The number of carbonyl (C=O) groups excluding carboxylic acids is 1. The lowest BCUT2D eigenvalue weighted by Crippen LogP contribution is -2.80. The van der Waals surface area contributed by atoms with Crippen LogP contribution >= 0.6 is 0 Å². The Morgan fingerprint density at radius 3 is 2.91 bits per heavy atom. The summed E-state index contributed by atoms with van der Waals surface area (Å²) in [5.74, 6) is 0.111. The second-order valence-corrected chi connectivity index (χ2v) is 7.38. The van der Waals surface area contributed by atoms with E-state index in [0.717, 1.165) is 11.1 Å². The van der Waals surface area contributed by atoms with Gasteiger partial charge in [-0.1, -0.05) is 6.07 Å². The first-order valence-electron chi connectivity index (χ1n) is 8.06. The van der Waals surface area contributed by atoms with E-state index >= 15 is 0 Å². The number of aliphatic hydroxyl groups excluding tert-OH is 1. The summed E-state index contributed by atoms with van der Waals surface area (Å²) in [7, 11) is 1.94. The Morgan fingerprint density at radius 2 is 2.13 bits per heavy atom. The van der Waals surface area contributed by atoms with E-state index in [1.54, 1.807) is 6.07 Å². The Labute approximate surface area is 133 Å². The van der Waals surface area contributed by atoms with Gasteiger partial charge in [0.1, 0.15) is 5.60 Å². The lowest BCUT2D eigenvalue weighted by Gasteiger charge is -2.63. The molecule has 3 N–H and O–H groups in total. The molecule has 1 aromatic rings. The maximum absolute atomic E-state index is 12.6. The van der Waals surface area contributed by atoms with E-state index in [4.69, 9.17) is 4.74 Å². The second kappa shape index (κ2) is 3.88. The minimum atomic E-state index is -1.44. The predicted molar refractivity (Wildman–Crippen MR) is 79.5 cm³/mol. The minimum absolute atomic E-state index is 0.00505. The van der Waals surface area contributed by atoms with Gasteiger partial charge in [0.2, 0.25) is 0 Å². The summed E-state index contributed by atoms with van der Waals surface area (Å²) < 4.78 is 5.88. The first kappa shape index (κ1) is 13.8. The third kappa shape index (κ3) is 1.24. The molecule has 4 aliphatic rings. The molecule has 1 aromatic carbocycles. The smallest absolute Gasteiger partial charge is 0.177 e. The highest BCUT2D eigenvalue weighted by atomic mass is 16.5. The molecule has 0 aromatic heterocycles. The molecule has 1 saturated carbocycles. The largest absolute Gasteiger partial charge is 0.504 e. The van der Waals surface area contributed by atoms with Crippen molar-refractivity contribution in [3.8, 4) is 11.5 Å². The number of likely N-dealkylation sites (tertiary alicyclic amines) is 1. The molecule has 1 saturated heterocycles. The number of rotatable bonds is 0. The van der Waals surface area contributed by atoms with Gasteiger partial charge in [-0.3, -0.25) is 4.79 Å². The molecular weight excluding hydrogens is 298 g/mol. The molecular formula is C17H19NO5. The highest BCUT2D eigenvalue weighted by Gasteiger charge is 2.75. The monoisotopic (exact) mass is 317 g/mol. The number of carbonyl (C=O) groups is 1. The van der Waals surface area contributed by atoms with Crippen LogP contribution in [0.1, 0.15) is 24.0 Å². The lowest BCUT2D eigenvalue weighted by molar-refractivity contribution is -0.226. The average Bonchev–Trinajstić information content (AvgIpc) is 2.86. The zero-order valence-electron chi connectivity index (χ0n) is 12.8. The predicted octanol–water partition coefficient (Wildman–Crippen LogP) is -0.284. The van der Waals surface area contributed by atoms with Crippen LogP contribution < -0.4 is 4.74 Å². The maximum atomic E-state index is 12.6. The van der Waals surface area contributed by atoms with Crippen molar-refractivity contribution in [1.29, 1.82) is 0 Å². The van der Waals surface area contributed by atoms with Gasteiger partial charge in [-0.15, -0.1) is 0 Å². The Bertz CT molecular complexity index is 749. The van der Waals surface area contributed by atoms with Gasteiger partial charge < -0.3 is 25.0 Å². The zero-order valence-corrected chi connectivity index (χ0v) is 12.8. The molecule has 0 amide bonds. The zero-order chi connectivity index (χ0) is 16.1. The van der Waals surface area contributed by atoms with Crippen molar-refractivity contribution < 1.29 is 24.9 Å². The van der Waals surface area contributed by atoms with Crippen molar-refractivity contribution in [1.82, 2.24) is 4.90 Å². The second-order valence-electron chi connectivity index (χ2n) is 7.38. The van der Waals surface area contributed by atoms with Gasteiger partial charge in [-0.05, 0) is 38.1 Å². The number of hydrogen-bond donors (Lipinski definition) is 3. The van der Waals surface area contributed by atoms with E-state index in [2.05, 4.69) is 4.90 Å². The van der Waals surface area contributed by atoms with Crippen LogP contribution in [0.3, 0.4) is 0 Å². The highest BCUT2D eigenvalue weighted by Crippen LogP contribution is 2.64. The summed E-state index contributed by atoms with van der Waals surface area (Å²) in [4.78, 5) is 14.6. The normalized spacial score (nSPS) is 44.0. The Hall–Kier alpha value is -1.63. The SMILES string of the molecule is CN1CC[C@]23c4c5ccc(O)c4OC2C(=O)CC(O)[C@@]3(O)[C@H]1C5. The first-order valence-corrected chi connectivity index (χ1v) is 8.06. The summed E-state index contributed by atoms with van der Waals surface area (Å²) in [5.41, 5.74) is -0.671. The maximum Gasteiger partial charge on any atom is 0.177 e. The number of phenols is 1. The molecule has 2 aliphatic heterocycles. The van der Waals surface area contributed by atoms with Crippen molar-refractivity contribution in [2.24, 2.45) is 0 Å². The Morgan fingerprint density at radius 1 is 1.35 bits per heavy atom. The number of benzene rings is 1. The molecule has 2 heterocycles. The van der Waals surface area contributed by atoms with Crippen LogP contribution in [0.25, 0.3) is 0 Å². The first-order chi connectivity index (χ1) is 10.9. The molecule has 23 heavy (non-hydrogen) atoms. The van der Waals surface area contributed by atoms with Gasteiger partial charge in [0.05, 0.1) is 11.5 Å². The van der Waals surface area contributed by atoms with E-state index in [1.165, 1.54) is 0 Å². The van der Waals surface area contributed by atoms with Crippen LogP contribution in [0.2, 0.25) is 0 Å².